The van der Waals surface area contributed by atoms with E-state index in [1.54, 1.807) is 19.1 Å². The number of aliphatic carboxylic acids is 1. The number of ether oxygens (including phenoxy) is 1. The van der Waals surface area contributed by atoms with Crippen LogP contribution in [-0.2, 0) is 39.9 Å². The molecule has 0 fully saturated rings. The van der Waals surface area contributed by atoms with Gasteiger partial charge >= 0.3 is 5.97 Å². The average Bonchev–Trinajstić information content (AvgIpc) is 3.21. The average molecular weight is 868 g/mol. The minimum absolute atomic E-state index is 0.0522. The van der Waals surface area contributed by atoms with Crippen LogP contribution in [0.2, 0.25) is 0 Å². The van der Waals surface area contributed by atoms with Crippen LogP contribution in [-0.4, -0.2) is 109 Å². The Morgan fingerprint density at radius 3 is 1.69 bits per heavy atom. The molecule has 5 atom stereocenters. The predicted octanol–water partition coefficient (Wildman–Crippen LogP) is 6.98. The van der Waals surface area contributed by atoms with E-state index >= 15 is 0 Å². The summed E-state index contributed by atoms with van der Waals surface area (Å²) in [5.41, 5.74) is 11.5. The highest BCUT2D eigenvalue weighted by molar-refractivity contribution is 5.85. The minimum Gasteiger partial charge on any atom is -0.481 e. The number of aryl methyl sites for hydroxylation is 1. The number of nitrogens with two attached hydrogens (primary N) is 2. The molecular weight excluding hydrogens is 779 g/mol. The van der Waals surface area contributed by atoms with Gasteiger partial charge in [0, 0.05) is 60.5 Å². The van der Waals surface area contributed by atoms with Crippen LogP contribution in [0.25, 0.3) is 0 Å². The van der Waals surface area contributed by atoms with Crippen LogP contribution in [0, 0.1) is 23.7 Å². The second-order valence-corrected chi connectivity index (χ2v) is 16.3. The minimum atomic E-state index is -0.742. The molecule has 0 spiro atoms. The fourth-order valence-corrected chi connectivity index (χ4v) is 6.18. The molecule has 14 nitrogen and oxygen atoms in total. The number of carboxylic acid groups (broad SMARTS) is 1. The van der Waals surface area contributed by atoms with Crippen molar-refractivity contribution in [2.24, 2.45) is 35.1 Å². The maximum Gasteiger partial charge on any atom is 0.303 e. The Hall–Kier alpha value is -4.04. The van der Waals surface area contributed by atoms with Crippen molar-refractivity contribution in [3.8, 4) is 0 Å². The summed E-state index contributed by atoms with van der Waals surface area (Å²) in [4.78, 5) is 71.3. The van der Waals surface area contributed by atoms with E-state index in [0.29, 0.717) is 19.4 Å². The standard InChI is InChI=1S/C23H45N3O4.C9H10O2.C8H16N2O2.C6H14.CH4O/c1-8-17(4)22(26(6)21(28)14-16(2)3)19(30-7)15-20(27)25-13-11-9-10-12-18(5)23(24)29;10-9(11)7-6-8-4-2-1-3-5-8;1-5(2)7(8(9)12)10(4)6(3)11;1-3-5-6-4-2;1-2/h16-19,22H,8-15H2,1-7H3,(H2,24,29)(H,25,27);1-5H,6-7H2,(H,10,11);5,7H,1-4H3,(H2,9,12);3-6H2,1-2H3;2H,1H3. The number of rotatable bonds is 25. The van der Waals surface area contributed by atoms with E-state index in [0.717, 1.165) is 44.8 Å². The van der Waals surface area contributed by atoms with Crippen molar-refractivity contribution in [1.82, 2.24) is 15.1 Å². The zero-order chi connectivity index (χ0) is 48.1. The van der Waals surface area contributed by atoms with Crippen molar-refractivity contribution in [1.29, 1.82) is 0 Å². The molecule has 0 heterocycles. The van der Waals surface area contributed by atoms with Crippen LogP contribution in [0.5, 0.6) is 0 Å². The smallest absolute Gasteiger partial charge is 0.303 e. The normalized spacial score (nSPS) is 12.7. The number of carbonyl (C=O) groups is 6. The molecule has 0 aromatic heterocycles. The van der Waals surface area contributed by atoms with E-state index in [4.69, 9.17) is 26.4 Å². The van der Waals surface area contributed by atoms with E-state index < -0.39 is 17.9 Å². The molecule has 1 rings (SSSR count). The van der Waals surface area contributed by atoms with Crippen LogP contribution in [0.4, 0.5) is 0 Å². The largest absolute Gasteiger partial charge is 0.481 e. The SMILES string of the molecule is CC(=O)N(C)C(C(N)=O)C(C)C.CCC(C)C(C(CC(=O)NCCCCCC(C)C(N)=O)OC)N(C)C(=O)CC(C)C.CCCCCC.CO.O=C(O)CCc1ccccc1. The number of hydrogen-bond acceptors (Lipinski definition) is 8. The first kappa shape index (κ1) is 63.6. The molecule has 1 aromatic rings. The highest BCUT2D eigenvalue weighted by Gasteiger charge is 2.34. The van der Waals surface area contributed by atoms with Crippen LogP contribution < -0.4 is 16.8 Å². The number of aliphatic hydroxyl groups excluding tert-OH is 1. The Morgan fingerprint density at radius 1 is 0.770 bits per heavy atom. The van der Waals surface area contributed by atoms with Gasteiger partial charge in [-0.25, -0.2) is 0 Å². The number of carboxylic acids is 1. The Balaban J connectivity index is -0.000000424. The van der Waals surface area contributed by atoms with Gasteiger partial charge in [0.2, 0.25) is 29.5 Å². The fraction of sp³-hybridized carbons (Fsp3) is 0.745. The summed E-state index contributed by atoms with van der Waals surface area (Å²) in [5, 5.41) is 18.3. The lowest BCUT2D eigenvalue weighted by Gasteiger charge is -2.38. The Bertz CT molecular complexity index is 1290. The third kappa shape index (κ3) is 34.3. The van der Waals surface area contributed by atoms with Crippen molar-refractivity contribution < 1.29 is 43.7 Å². The number of benzene rings is 1. The summed E-state index contributed by atoms with van der Waals surface area (Å²) >= 11 is 0. The number of nitrogens with zero attached hydrogens (tertiary/aromatic N) is 2. The van der Waals surface area contributed by atoms with Gasteiger partial charge in [-0.3, -0.25) is 28.8 Å². The molecule has 0 aliphatic carbocycles. The third-order valence-electron chi connectivity index (χ3n) is 10.1. The first-order valence-corrected chi connectivity index (χ1v) is 22.2. The van der Waals surface area contributed by atoms with Crippen molar-refractivity contribution in [2.75, 3.05) is 34.9 Å². The van der Waals surface area contributed by atoms with E-state index in [1.165, 1.54) is 37.5 Å². The summed E-state index contributed by atoms with van der Waals surface area (Å²) in [6.45, 7) is 20.3. The molecule has 5 unspecified atom stereocenters. The molecule has 0 saturated carbocycles. The maximum absolute atomic E-state index is 12.6. The number of unbranched alkanes of at least 4 members (excludes halogenated alkanes) is 5. The molecule has 0 radical (unpaired) electrons. The number of primary amides is 2. The summed E-state index contributed by atoms with van der Waals surface area (Å²) in [6.07, 6.45) is 11.1. The summed E-state index contributed by atoms with van der Waals surface area (Å²) in [5.74, 6) is -1.13. The zero-order valence-electron chi connectivity index (χ0n) is 40.6. The predicted molar refractivity (Wildman–Crippen MR) is 247 cm³/mol. The maximum atomic E-state index is 12.6. The quantitative estimate of drug-likeness (QED) is 0.0639. The van der Waals surface area contributed by atoms with Crippen molar-refractivity contribution >= 4 is 35.5 Å². The van der Waals surface area contributed by atoms with Crippen molar-refractivity contribution in [3.05, 3.63) is 35.9 Å². The van der Waals surface area contributed by atoms with Crippen LogP contribution >= 0.6 is 0 Å². The molecule has 356 valence electrons. The van der Waals surface area contributed by atoms with Crippen LogP contribution in [0.1, 0.15) is 152 Å². The van der Waals surface area contributed by atoms with Crippen molar-refractivity contribution in [3.63, 3.8) is 0 Å². The molecule has 5 amide bonds. The van der Waals surface area contributed by atoms with Crippen molar-refractivity contribution in [2.45, 2.75) is 171 Å². The van der Waals surface area contributed by atoms with Gasteiger partial charge in [-0.15, -0.1) is 0 Å². The van der Waals surface area contributed by atoms with E-state index in [9.17, 15) is 28.8 Å². The second kappa shape index (κ2) is 40.1. The number of methoxy groups -OCH3 is 1. The molecule has 1 aromatic carbocycles. The van der Waals surface area contributed by atoms with Crippen LogP contribution in [0.15, 0.2) is 30.3 Å². The van der Waals surface area contributed by atoms with Gasteiger partial charge in [0.1, 0.15) is 6.04 Å². The Morgan fingerprint density at radius 2 is 1.31 bits per heavy atom. The molecule has 0 aliphatic rings. The highest BCUT2D eigenvalue weighted by Crippen LogP contribution is 2.23. The van der Waals surface area contributed by atoms with Gasteiger partial charge in [0.05, 0.1) is 18.6 Å². The molecule has 7 N–H and O–H groups in total. The number of amides is 5. The first-order valence-electron chi connectivity index (χ1n) is 22.2. The number of aliphatic hydroxyl groups is 1. The van der Waals surface area contributed by atoms with Gasteiger partial charge < -0.3 is 41.5 Å². The Labute approximate surface area is 370 Å². The van der Waals surface area contributed by atoms with E-state index in [1.807, 2.05) is 72.0 Å². The molecule has 61 heavy (non-hydrogen) atoms. The topological polar surface area (TPSA) is 223 Å². The second-order valence-electron chi connectivity index (χ2n) is 16.3. The fourth-order valence-electron chi connectivity index (χ4n) is 6.18. The van der Waals surface area contributed by atoms with Gasteiger partial charge in [-0.05, 0) is 42.6 Å². The molecule has 0 bridgehead atoms. The molecular formula is C47H89N5O9. The number of hydrogen-bond donors (Lipinski definition) is 5. The molecule has 14 heteroatoms. The lowest BCUT2D eigenvalue weighted by atomic mass is 9.90. The van der Waals surface area contributed by atoms with E-state index in [2.05, 4.69) is 33.0 Å². The number of likely N-dealkylation sites (N-methyl/N-ethyl adjacent to an activating group) is 2. The zero-order valence-corrected chi connectivity index (χ0v) is 40.6. The van der Waals surface area contributed by atoms with Gasteiger partial charge in [-0.2, -0.15) is 0 Å². The molecule has 0 saturated heterocycles. The van der Waals surface area contributed by atoms with Gasteiger partial charge in [-0.1, -0.05) is 138 Å². The lowest BCUT2D eigenvalue weighted by molar-refractivity contribution is -0.140. The monoisotopic (exact) mass is 868 g/mol. The summed E-state index contributed by atoms with van der Waals surface area (Å²) in [7, 11) is 6.00. The number of nitrogens with one attached hydrogen (secondary N) is 1. The van der Waals surface area contributed by atoms with Gasteiger partial charge in [0.15, 0.2) is 0 Å². The van der Waals surface area contributed by atoms with Crippen LogP contribution in [0.3, 0.4) is 0 Å². The third-order valence-corrected chi connectivity index (χ3v) is 10.1. The highest BCUT2D eigenvalue weighted by atomic mass is 16.5. The summed E-state index contributed by atoms with van der Waals surface area (Å²) in [6, 6.07) is 8.97. The first-order chi connectivity index (χ1) is 28.6. The number of carbonyl (C=O) groups excluding carboxylic acids is 5. The lowest BCUT2D eigenvalue weighted by Crippen LogP contribution is -2.50. The summed E-state index contributed by atoms with van der Waals surface area (Å²) < 4.78 is 5.68. The van der Waals surface area contributed by atoms with Gasteiger partial charge in [0.25, 0.3) is 0 Å². The molecule has 0 aliphatic heterocycles. The Kier molecular flexibility index (Phi) is 41.8. The van der Waals surface area contributed by atoms with E-state index in [-0.39, 0.29) is 72.3 Å².